The van der Waals surface area contributed by atoms with Gasteiger partial charge in [0.1, 0.15) is 5.82 Å². The van der Waals surface area contributed by atoms with Crippen LogP contribution in [-0.2, 0) is 0 Å². The van der Waals surface area contributed by atoms with Crippen molar-refractivity contribution < 1.29 is 5.11 Å². The van der Waals surface area contributed by atoms with Crippen molar-refractivity contribution in [3.63, 3.8) is 0 Å². The maximum Gasteiger partial charge on any atom is 0.150 e. The van der Waals surface area contributed by atoms with E-state index in [0.29, 0.717) is 6.54 Å². The highest BCUT2D eigenvalue weighted by Crippen LogP contribution is 2.28. The van der Waals surface area contributed by atoms with E-state index in [2.05, 4.69) is 21.4 Å². The van der Waals surface area contributed by atoms with Crippen molar-refractivity contribution in [2.75, 3.05) is 18.5 Å². The fourth-order valence-electron chi connectivity index (χ4n) is 2.08. The summed E-state index contributed by atoms with van der Waals surface area (Å²) >= 11 is 0. The summed E-state index contributed by atoms with van der Waals surface area (Å²) in [5, 5.41) is 14.3. The third-order valence-electron chi connectivity index (χ3n) is 2.83. The molecule has 3 aromatic rings. The zero-order valence-corrected chi connectivity index (χ0v) is 9.27. The van der Waals surface area contributed by atoms with Crippen molar-refractivity contribution in [2.45, 2.75) is 0 Å². The van der Waals surface area contributed by atoms with Gasteiger partial charge in [-0.3, -0.25) is 0 Å². The van der Waals surface area contributed by atoms with Crippen LogP contribution in [0, 0.1) is 0 Å². The van der Waals surface area contributed by atoms with Crippen LogP contribution < -0.4 is 5.32 Å². The first-order valence-electron chi connectivity index (χ1n) is 5.60. The van der Waals surface area contributed by atoms with E-state index in [1.165, 1.54) is 5.39 Å². The van der Waals surface area contributed by atoms with Crippen LogP contribution in [0.3, 0.4) is 0 Å². The molecule has 0 saturated carbocycles. The van der Waals surface area contributed by atoms with E-state index in [4.69, 9.17) is 5.11 Å². The molecule has 0 aliphatic rings. The van der Waals surface area contributed by atoms with Crippen LogP contribution in [0.25, 0.3) is 21.8 Å². The second-order valence-corrected chi connectivity index (χ2v) is 3.90. The molecule has 0 unspecified atom stereocenters. The minimum Gasteiger partial charge on any atom is -0.395 e. The number of aromatic amines is 1. The molecular formula is C13H13N3O. The summed E-state index contributed by atoms with van der Waals surface area (Å²) in [5.41, 5.74) is 2.09. The third-order valence-corrected chi connectivity index (χ3v) is 2.83. The monoisotopic (exact) mass is 227 g/mol. The summed E-state index contributed by atoms with van der Waals surface area (Å²) in [4.78, 5) is 7.64. The normalized spacial score (nSPS) is 11.1. The number of para-hydroxylation sites is 1. The Morgan fingerprint density at radius 2 is 2.06 bits per heavy atom. The number of rotatable bonds is 3. The van der Waals surface area contributed by atoms with E-state index in [1.807, 2.05) is 24.3 Å². The minimum absolute atomic E-state index is 0.0955. The van der Waals surface area contributed by atoms with E-state index in [-0.39, 0.29) is 6.61 Å². The Bertz CT molecular complexity index is 660. The minimum atomic E-state index is 0.0955. The zero-order valence-electron chi connectivity index (χ0n) is 9.27. The van der Waals surface area contributed by atoms with Crippen LogP contribution in [0.5, 0.6) is 0 Å². The number of hydrogen-bond donors (Lipinski definition) is 3. The molecule has 0 aliphatic carbocycles. The highest BCUT2D eigenvalue weighted by atomic mass is 16.3. The molecule has 0 aliphatic heterocycles. The molecule has 4 nitrogen and oxygen atoms in total. The lowest BCUT2D eigenvalue weighted by atomic mass is 10.2. The maximum atomic E-state index is 8.84. The quantitative estimate of drug-likeness (QED) is 0.642. The Kier molecular flexibility index (Phi) is 2.42. The largest absolute Gasteiger partial charge is 0.395 e. The number of pyridine rings is 1. The number of nitrogens with zero attached hydrogens (tertiary/aromatic N) is 1. The van der Waals surface area contributed by atoms with E-state index in [1.54, 1.807) is 6.20 Å². The van der Waals surface area contributed by atoms with Gasteiger partial charge >= 0.3 is 0 Å². The number of fused-ring (bicyclic) bond motifs is 3. The number of anilines is 1. The lowest BCUT2D eigenvalue weighted by Gasteiger charge is -2.03. The Balaban J connectivity index is 2.24. The SMILES string of the molecule is OCCNc1nccc2c1[nH]c1ccccc12. The van der Waals surface area contributed by atoms with Crippen LogP contribution in [0.2, 0.25) is 0 Å². The molecule has 4 heteroatoms. The fraction of sp³-hybridized carbons (Fsp3) is 0.154. The van der Waals surface area contributed by atoms with Gasteiger partial charge in [0, 0.05) is 29.0 Å². The van der Waals surface area contributed by atoms with Crippen LogP contribution in [-0.4, -0.2) is 28.2 Å². The Morgan fingerprint density at radius 3 is 2.94 bits per heavy atom. The van der Waals surface area contributed by atoms with E-state index in [0.717, 1.165) is 22.2 Å². The number of aliphatic hydroxyl groups is 1. The molecule has 2 aromatic heterocycles. The number of aromatic nitrogens is 2. The van der Waals surface area contributed by atoms with Crippen molar-refractivity contribution in [3.05, 3.63) is 36.5 Å². The molecule has 2 heterocycles. The number of benzene rings is 1. The number of nitrogens with one attached hydrogen (secondary N) is 2. The van der Waals surface area contributed by atoms with Gasteiger partial charge in [-0.2, -0.15) is 0 Å². The molecule has 86 valence electrons. The Hall–Kier alpha value is -2.07. The number of H-pyrrole nitrogens is 1. The molecule has 17 heavy (non-hydrogen) atoms. The van der Waals surface area contributed by atoms with Gasteiger partial charge in [0.05, 0.1) is 12.1 Å². The van der Waals surface area contributed by atoms with Crippen molar-refractivity contribution in [2.24, 2.45) is 0 Å². The molecule has 0 amide bonds. The molecule has 0 radical (unpaired) electrons. The van der Waals surface area contributed by atoms with Gasteiger partial charge in [0.25, 0.3) is 0 Å². The van der Waals surface area contributed by atoms with Crippen molar-refractivity contribution >= 4 is 27.6 Å². The van der Waals surface area contributed by atoms with E-state index in [9.17, 15) is 0 Å². The lowest BCUT2D eigenvalue weighted by molar-refractivity contribution is 0.311. The molecule has 3 N–H and O–H groups in total. The van der Waals surface area contributed by atoms with Crippen molar-refractivity contribution in [1.29, 1.82) is 0 Å². The van der Waals surface area contributed by atoms with Crippen molar-refractivity contribution in [1.82, 2.24) is 9.97 Å². The molecule has 0 atom stereocenters. The third kappa shape index (κ3) is 1.62. The summed E-state index contributed by atoms with van der Waals surface area (Å²) in [6.45, 7) is 0.597. The Labute approximate surface area is 98.3 Å². The summed E-state index contributed by atoms with van der Waals surface area (Å²) in [7, 11) is 0. The van der Waals surface area contributed by atoms with Crippen LogP contribution in [0.4, 0.5) is 5.82 Å². The number of aliphatic hydroxyl groups excluding tert-OH is 1. The molecule has 0 saturated heterocycles. The Morgan fingerprint density at radius 1 is 1.18 bits per heavy atom. The zero-order chi connectivity index (χ0) is 11.7. The summed E-state index contributed by atoms with van der Waals surface area (Å²) in [6.07, 6.45) is 1.78. The van der Waals surface area contributed by atoms with E-state index < -0.39 is 0 Å². The van der Waals surface area contributed by atoms with Crippen LogP contribution >= 0.6 is 0 Å². The topological polar surface area (TPSA) is 60.9 Å². The molecule has 3 rings (SSSR count). The van der Waals surface area contributed by atoms with E-state index >= 15 is 0 Å². The molecule has 0 bridgehead atoms. The predicted octanol–water partition coefficient (Wildman–Crippen LogP) is 2.12. The predicted molar refractivity (Wildman–Crippen MR) is 69.2 cm³/mol. The smallest absolute Gasteiger partial charge is 0.150 e. The first-order chi connectivity index (χ1) is 8.40. The van der Waals surface area contributed by atoms with Gasteiger partial charge in [-0.05, 0) is 12.1 Å². The molecule has 0 spiro atoms. The second kappa shape index (κ2) is 4.07. The summed E-state index contributed by atoms with van der Waals surface area (Å²) < 4.78 is 0. The van der Waals surface area contributed by atoms with Gasteiger partial charge in [0.2, 0.25) is 0 Å². The fourth-order valence-corrected chi connectivity index (χ4v) is 2.08. The average molecular weight is 227 g/mol. The van der Waals surface area contributed by atoms with Gasteiger partial charge < -0.3 is 15.4 Å². The maximum absolute atomic E-state index is 8.84. The number of hydrogen-bond acceptors (Lipinski definition) is 3. The highest BCUT2D eigenvalue weighted by Gasteiger charge is 2.07. The van der Waals surface area contributed by atoms with Crippen molar-refractivity contribution in [3.8, 4) is 0 Å². The highest BCUT2D eigenvalue weighted by molar-refractivity contribution is 6.10. The summed E-state index contributed by atoms with van der Waals surface area (Å²) in [5.74, 6) is 0.785. The van der Waals surface area contributed by atoms with Crippen LogP contribution in [0.1, 0.15) is 0 Å². The molecular weight excluding hydrogens is 214 g/mol. The van der Waals surface area contributed by atoms with Gasteiger partial charge in [-0.25, -0.2) is 4.98 Å². The average Bonchev–Trinajstić information content (AvgIpc) is 2.75. The van der Waals surface area contributed by atoms with Gasteiger partial charge in [-0.1, -0.05) is 18.2 Å². The van der Waals surface area contributed by atoms with Gasteiger partial charge in [0.15, 0.2) is 0 Å². The molecule has 0 fully saturated rings. The molecule has 1 aromatic carbocycles. The van der Waals surface area contributed by atoms with Crippen LogP contribution in [0.15, 0.2) is 36.5 Å². The first kappa shape index (κ1) is 10.1. The second-order valence-electron chi connectivity index (χ2n) is 3.90. The van der Waals surface area contributed by atoms with Gasteiger partial charge in [-0.15, -0.1) is 0 Å². The summed E-state index contributed by atoms with van der Waals surface area (Å²) in [6, 6.07) is 10.2. The standard InChI is InChI=1S/C13H13N3O/c17-8-7-15-13-12-10(5-6-14-13)9-3-1-2-4-11(9)16-12/h1-6,16-17H,7-8H2,(H,14,15). The first-order valence-corrected chi connectivity index (χ1v) is 5.60. The lowest BCUT2D eigenvalue weighted by Crippen LogP contribution is -2.07.